The number of aromatic nitrogens is 2. The molecule has 0 saturated carbocycles. The first-order valence-corrected chi connectivity index (χ1v) is 7.11. The molecule has 1 atom stereocenters. The number of hydrogen-bond donors (Lipinski definition) is 1. The SMILES string of the molecule is Cc1ccsc1C(O)c1snnc1C(C)(C)C. The molecular formula is C12H16N2OS2. The molecule has 5 heteroatoms. The van der Waals surface area contributed by atoms with Gasteiger partial charge in [-0.1, -0.05) is 25.3 Å². The molecule has 1 unspecified atom stereocenters. The van der Waals surface area contributed by atoms with Crippen molar-refractivity contribution in [3.63, 3.8) is 0 Å². The monoisotopic (exact) mass is 268 g/mol. The molecule has 2 aromatic rings. The smallest absolute Gasteiger partial charge is 0.126 e. The van der Waals surface area contributed by atoms with Crippen molar-refractivity contribution in [3.8, 4) is 0 Å². The van der Waals surface area contributed by atoms with Gasteiger partial charge in [0.05, 0.1) is 10.6 Å². The van der Waals surface area contributed by atoms with Crippen LogP contribution in [-0.2, 0) is 5.41 Å². The van der Waals surface area contributed by atoms with E-state index in [-0.39, 0.29) is 5.41 Å². The number of hydrogen-bond acceptors (Lipinski definition) is 5. The molecule has 17 heavy (non-hydrogen) atoms. The third-order valence-electron chi connectivity index (χ3n) is 2.62. The third-order valence-corrected chi connectivity index (χ3v) is 4.47. The predicted molar refractivity (Wildman–Crippen MR) is 71.7 cm³/mol. The molecule has 2 aromatic heterocycles. The summed E-state index contributed by atoms with van der Waals surface area (Å²) in [5.74, 6) is 0. The van der Waals surface area contributed by atoms with Crippen molar-refractivity contribution < 1.29 is 5.11 Å². The van der Waals surface area contributed by atoms with Crippen molar-refractivity contribution >= 4 is 22.9 Å². The Labute approximate surface area is 109 Å². The molecule has 92 valence electrons. The minimum absolute atomic E-state index is 0.0888. The van der Waals surface area contributed by atoms with E-state index in [1.807, 2.05) is 18.4 Å². The van der Waals surface area contributed by atoms with Crippen LogP contribution in [0.1, 0.15) is 47.9 Å². The highest BCUT2D eigenvalue weighted by molar-refractivity contribution is 7.10. The van der Waals surface area contributed by atoms with Crippen LogP contribution in [-0.4, -0.2) is 14.7 Å². The van der Waals surface area contributed by atoms with Gasteiger partial charge in [0.15, 0.2) is 0 Å². The van der Waals surface area contributed by atoms with Crippen LogP contribution in [0.25, 0.3) is 0 Å². The number of thiophene rings is 1. The van der Waals surface area contributed by atoms with Crippen molar-refractivity contribution in [3.05, 3.63) is 32.5 Å². The molecule has 0 bridgehead atoms. The van der Waals surface area contributed by atoms with Gasteiger partial charge in [-0.2, -0.15) is 0 Å². The summed E-state index contributed by atoms with van der Waals surface area (Å²) in [5, 5.41) is 16.6. The molecule has 2 rings (SSSR count). The van der Waals surface area contributed by atoms with Gasteiger partial charge in [0.25, 0.3) is 0 Å². The zero-order valence-electron chi connectivity index (χ0n) is 10.4. The summed E-state index contributed by atoms with van der Waals surface area (Å²) < 4.78 is 3.99. The molecule has 0 fully saturated rings. The van der Waals surface area contributed by atoms with E-state index >= 15 is 0 Å². The summed E-state index contributed by atoms with van der Waals surface area (Å²) >= 11 is 2.86. The average Bonchev–Trinajstić information content (AvgIpc) is 2.82. The normalized spacial score (nSPS) is 13.9. The van der Waals surface area contributed by atoms with Gasteiger partial charge < -0.3 is 5.11 Å². The summed E-state index contributed by atoms with van der Waals surface area (Å²) in [6.07, 6.45) is -0.593. The maximum atomic E-state index is 10.4. The molecule has 0 aliphatic heterocycles. The minimum atomic E-state index is -0.593. The lowest BCUT2D eigenvalue weighted by atomic mass is 9.90. The third kappa shape index (κ3) is 2.41. The summed E-state index contributed by atoms with van der Waals surface area (Å²) in [5.41, 5.74) is 1.92. The van der Waals surface area contributed by atoms with Gasteiger partial charge >= 0.3 is 0 Å². The second kappa shape index (κ2) is 4.48. The molecule has 0 aliphatic rings. The van der Waals surface area contributed by atoms with Crippen LogP contribution in [0.4, 0.5) is 0 Å². The Hall–Kier alpha value is -0.780. The molecule has 0 aliphatic carbocycles. The second-order valence-electron chi connectivity index (χ2n) is 5.11. The Morgan fingerprint density at radius 3 is 2.53 bits per heavy atom. The molecule has 1 N–H and O–H groups in total. The summed E-state index contributed by atoms with van der Waals surface area (Å²) in [7, 11) is 0. The van der Waals surface area contributed by atoms with Crippen LogP contribution in [0.2, 0.25) is 0 Å². The highest BCUT2D eigenvalue weighted by Gasteiger charge is 2.28. The van der Waals surface area contributed by atoms with E-state index in [1.165, 1.54) is 11.5 Å². The number of aliphatic hydroxyl groups is 1. The maximum absolute atomic E-state index is 10.4. The van der Waals surface area contributed by atoms with Crippen LogP contribution in [0.15, 0.2) is 11.4 Å². The Morgan fingerprint density at radius 1 is 1.29 bits per heavy atom. The van der Waals surface area contributed by atoms with Crippen molar-refractivity contribution in [2.75, 3.05) is 0 Å². The largest absolute Gasteiger partial charge is 0.382 e. The Kier molecular flexibility index (Phi) is 3.34. The highest BCUT2D eigenvalue weighted by atomic mass is 32.1. The van der Waals surface area contributed by atoms with Gasteiger partial charge in [-0.25, -0.2) is 0 Å². The van der Waals surface area contributed by atoms with E-state index in [2.05, 4.69) is 30.4 Å². The molecule has 0 saturated heterocycles. The van der Waals surface area contributed by atoms with Gasteiger partial charge in [0.1, 0.15) is 6.10 Å². The van der Waals surface area contributed by atoms with E-state index in [9.17, 15) is 5.11 Å². The van der Waals surface area contributed by atoms with Crippen LogP contribution in [0.5, 0.6) is 0 Å². The standard InChI is InChI=1S/C12H16N2OS2/c1-7-5-6-16-9(7)8(15)10-11(12(2,3)4)13-14-17-10/h5-6,8,15H,1-4H3. The lowest BCUT2D eigenvalue weighted by molar-refractivity contribution is 0.224. The quantitative estimate of drug-likeness (QED) is 0.909. The first kappa shape index (κ1) is 12.7. The van der Waals surface area contributed by atoms with Gasteiger partial charge in [-0.15, -0.1) is 16.4 Å². The van der Waals surface area contributed by atoms with E-state index < -0.39 is 6.10 Å². The Bertz CT molecular complexity index is 511. The molecular weight excluding hydrogens is 252 g/mol. The minimum Gasteiger partial charge on any atom is -0.382 e. The molecule has 2 heterocycles. The summed E-state index contributed by atoms with van der Waals surface area (Å²) in [6, 6.07) is 2.02. The summed E-state index contributed by atoms with van der Waals surface area (Å²) in [6.45, 7) is 8.27. The first-order chi connectivity index (χ1) is 7.91. The van der Waals surface area contributed by atoms with Crippen molar-refractivity contribution in [2.45, 2.75) is 39.2 Å². The van der Waals surface area contributed by atoms with Gasteiger partial charge in [0, 0.05) is 10.3 Å². The lowest BCUT2D eigenvalue weighted by Crippen LogP contribution is -2.16. The molecule has 0 radical (unpaired) electrons. The van der Waals surface area contributed by atoms with E-state index in [4.69, 9.17) is 0 Å². The van der Waals surface area contributed by atoms with Crippen LogP contribution in [0, 0.1) is 6.92 Å². The zero-order valence-corrected chi connectivity index (χ0v) is 12.0. The fraction of sp³-hybridized carbons (Fsp3) is 0.500. The molecule has 3 nitrogen and oxygen atoms in total. The molecule has 0 spiro atoms. The topological polar surface area (TPSA) is 46.0 Å². The number of rotatable bonds is 2. The van der Waals surface area contributed by atoms with Crippen molar-refractivity contribution in [1.29, 1.82) is 0 Å². The van der Waals surface area contributed by atoms with E-state index in [0.717, 1.165) is 21.0 Å². The Balaban J connectivity index is 2.42. The second-order valence-corrected chi connectivity index (χ2v) is 6.84. The first-order valence-electron chi connectivity index (χ1n) is 5.46. The molecule has 0 amide bonds. The average molecular weight is 268 g/mol. The van der Waals surface area contributed by atoms with Gasteiger partial charge in [0.2, 0.25) is 0 Å². The van der Waals surface area contributed by atoms with Crippen molar-refractivity contribution in [2.24, 2.45) is 0 Å². The lowest BCUT2D eigenvalue weighted by Gasteiger charge is -2.18. The maximum Gasteiger partial charge on any atom is 0.126 e. The van der Waals surface area contributed by atoms with E-state index in [0.29, 0.717) is 0 Å². The van der Waals surface area contributed by atoms with Crippen LogP contribution in [0.3, 0.4) is 0 Å². The van der Waals surface area contributed by atoms with Crippen LogP contribution >= 0.6 is 22.9 Å². The summed E-state index contributed by atoms with van der Waals surface area (Å²) in [4.78, 5) is 1.85. The highest BCUT2D eigenvalue weighted by Crippen LogP contribution is 2.36. The fourth-order valence-electron chi connectivity index (χ4n) is 1.68. The van der Waals surface area contributed by atoms with Crippen molar-refractivity contribution in [1.82, 2.24) is 9.59 Å². The number of nitrogens with zero attached hydrogens (tertiary/aromatic N) is 2. The zero-order chi connectivity index (χ0) is 12.6. The van der Waals surface area contributed by atoms with E-state index in [1.54, 1.807) is 11.3 Å². The van der Waals surface area contributed by atoms with Crippen LogP contribution < -0.4 is 0 Å². The molecule has 0 aromatic carbocycles. The van der Waals surface area contributed by atoms with Gasteiger partial charge in [-0.3, -0.25) is 0 Å². The van der Waals surface area contributed by atoms with Gasteiger partial charge in [-0.05, 0) is 35.5 Å². The Morgan fingerprint density at radius 2 is 2.00 bits per heavy atom. The number of aryl methyl sites for hydroxylation is 1. The number of aliphatic hydroxyl groups excluding tert-OH is 1. The predicted octanol–water partition coefficient (Wildman–Crippen LogP) is 3.29. The fourth-order valence-corrected chi connectivity index (χ4v) is 3.54.